The van der Waals surface area contributed by atoms with E-state index < -0.39 is 42.1 Å². The van der Waals surface area contributed by atoms with Crippen LogP contribution in [-0.4, -0.2) is 59.5 Å². The molecule has 3 N–H and O–H groups in total. The first-order chi connectivity index (χ1) is 17.8. The number of hydrogen-bond donors (Lipinski definition) is 3. The Bertz CT molecular complexity index is 1060. The van der Waals surface area contributed by atoms with Crippen molar-refractivity contribution in [3.8, 4) is 0 Å². The summed E-state index contributed by atoms with van der Waals surface area (Å²) in [7, 11) is 0. The fourth-order valence-electron chi connectivity index (χ4n) is 3.68. The zero-order valence-electron chi connectivity index (χ0n) is 21.7. The molecule has 1 aliphatic heterocycles. The Morgan fingerprint density at radius 3 is 2.14 bits per heavy atom. The molecule has 2 atom stereocenters. The summed E-state index contributed by atoms with van der Waals surface area (Å²) in [5, 5.41) is 7.48. The molecule has 9 heteroatoms. The van der Waals surface area contributed by atoms with Crippen LogP contribution < -0.4 is 16.0 Å². The molecule has 0 aromatic heterocycles. The quantitative estimate of drug-likeness (QED) is 0.448. The number of hydrogen-bond acceptors (Lipinski definition) is 5. The van der Waals surface area contributed by atoms with Gasteiger partial charge in [-0.3, -0.25) is 24.0 Å². The molecule has 0 spiro atoms. The highest BCUT2D eigenvalue weighted by atomic mass is 16.2. The zero-order valence-corrected chi connectivity index (χ0v) is 21.7. The Hall–Kier alpha value is -4.01. The number of benzene rings is 2. The van der Waals surface area contributed by atoms with Gasteiger partial charge in [0.15, 0.2) is 0 Å². The Morgan fingerprint density at radius 2 is 1.51 bits per heavy atom. The molecular formula is C28H36N4O5. The molecule has 1 saturated heterocycles. The predicted octanol–water partition coefficient (Wildman–Crippen LogP) is 2.21. The van der Waals surface area contributed by atoms with Gasteiger partial charge in [-0.05, 0) is 37.5 Å². The van der Waals surface area contributed by atoms with E-state index in [4.69, 9.17) is 0 Å². The minimum Gasteiger partial charge on any atom is -0.347 e. The molecule has 4 amide bonds. The van der Waals surface area contributed by atoms with E-state index in [9.17, 15) is 24.0 Å². The summed E-state index contributed by atoms with van der Waals surface area (Å²) in [6.07, 6.45) is 2.43. The average Bonchev–Trinajstić information content (AvgIpc) is 3.41. The second kappa shape index (κ2) is 15.2. The molecule has 0 saturated carbocycles. The van der Waals surface area contributed by atoms with E-state index in [1.165, 1.54) is 18.2 Å². The van der Waals surface area contributed by atoms with E-state index in [-0.39, 0.29) is 12.5 Å². The number of likely N-dealkylation sites (tertiary alicyclic amines) is 1. The lowest BCUT2D eigenvalue weighted by molar-refractivity contribution is -0.138. The van der Waals surface area contributed by atoms with Gasteiger partial charge in [0.25, 0.3) is 11.8 Å². The van der Waals surface area contributed by atoms with Crippen molar-refractivity contribution in [1.82, 2.24) is 20.9 Å². The highest BCUT2D eigenvalue weighted by molar-refractivity contribution is 6.37. The van der Waals surface area contributed by atoms with Crippen LogP contribution in [0.4, 0.5) is 0 Å². The number of rotatable bonds is 9. The molecule has 1 aliphatic rings. The second-order valence-corrected chi connectivity index (χ2v) is 8.77. The maximum absolute atomic E-state index is 12.8. The number of ketones is 1. The van der Waals surface area contributed by atoms with Gasteiger partial charge in [0.05, 0.1) is 6.54 Å². The van der Waals surface area contributed by atoms with E-state index in [1.54, 1.807) is 24.3 Å². The van der Waals surface area contributed by atoms with Gasteiger partial charge in [-0.2, -0.15) is 0 Å². The first-order valence-electron chi connectivity index (χ1n) is 12.6. The van der Waals surface area contributed by atoms with Crippen molar-refractivity contribution in [2.24, 2.45) is 0 Å². The summed E-state index contributed by atoms with van der Waals surface area (Å²) in [6, 6.07) is 16.2. The van der Waals surface area contributed by atoms with Crippen molar-refractivity contribution in [3.63, 3.8) is 0 Å². The maximum Gasteiger partial charge on any atom is 0.289 e. The van der Waals surface area contributed by atoms with Crippen molar-refractivity contribution in [1.29, 1.82) is 0 Å². The van der Waals surface area contributed by atoms with Gasteiger partial charge in [0.2, 0.25) is 17.6 Å². The molecule has 2 aromatic rings. The largest absolute Gasteiger partial charge is 0.347 e. The fourth-order valence-corrected chi connectivity index (χ4v) is 3.68. The van der Waals surface area contributed by atoms with Crippen molar-refractivity contribution in [2.75, 3.05) is 13.1 Å². The van der Waals surface area contributed by atoms with Crippen LogP contribution >= 0.6 is 0 Å². The fraction of sp³-hybridized carbons (Fsp3) is 0.393. The Labute approximate surface area is 218 Å². The van der Waals surface area contributed by atoms with Crippen molar-refractivity contribution in [3.05, 3.63) is 71.8 Å². The van der Waals surface area contributed by atoms with Crippen LogP contribution in [0, 0.1) is 0 Å². The van der Waals surface area contributed by atoms with E-state index in [1.807, 2.05) is 36.4 Å². The Balaban J connectivity index is 0.00000153. The third-order valence-electron chi connectivity index (χ3n) is 5.56. The van der Waals surface area contributed by atoms with E-state index in [0.29, 0.717) is 24.9 Å². The topological polar surface area (TPSA) is 125 Å². The molecule has 1 heterocycles. The van der Waals surface area contributed by atoms with E-state index in [2.05, 4.69) is 29.8 Å². The monoisotopic (exact) mass is 508 g/mol. The number of nitrogens with one attached hydrogen (secondary N) is 3. The molecule has 0 bridgehead atoms. The summed E-state index contributed by atoms with van der Waals surface area (Å²) >= 11 is 0. The van der Waals surface area contributed by atoms with Crippen LogP contribution in [0.15, 0.2) is 60.7 Å². The predicted molar refractivity (Wildman–Crippen MR) is 140 cm³/mol. The minimum atomic E-state index is -0.943. The first kappa shape index (κ1) is 29.2. The summed E-state index contributed by atoms with van der Waals surface area (Å²) in [5.41, 5.74) is 1.34. The molecule has 0 aliphatic carbocycles. The lowest BCUT2D eigenvalue weighted by Gasteiger charge is -2.25. The van der Waals surface area contributed by atoms with Gasteiger partial charge < -0.3 is 20.9 Å². The van der Waals surface area contributed by atoms with Crippen LogP contribution in [0.25, 0.3) is 0 Å². The zero-order chi connectivity index (χ0) is 27.2. The maximum atomic E-state index is 12.8. The second-order valence-electron chi connectivity index (χ2n) is 8.77. The Kier molecular flexibility index (Phi) is 12.0. The van der Waals surface area contributed by atoms with Crippen LogP contribution in [-0.2, 0) is 25.7 Å². The SMILES string of the molecule is CCC.C[C@H](NC(=O)[C@H]1CCCN1C(=O)c1ccccc1)C(=O)NCC(=O)C(=O)NCc1ccccc1. The number of carbonyl (C=O) groups excluding carboxylic acids is 5. The van der Waals surface area contributed by atoms with E-state index in [0.717, 1.165) is 5.56 Å². The molecule has 3 rings (SSSR count). The van der Waals surface area contributed by atoms with Gasteiger partial charge in [-0.25, -0.2) is 0 Å². The third-order valence-corrected chi connectivity index (χ3v) is 5.56. The van der Waals surface area contributed by atoms with E-state index >= 15 is 0 Å². The molecule has 198 valence electrons. The first-order valence-corrected chi connectivity index (χ1v) is 12.6. The molecule has 2 aromatic carbocycles. The van der Waals surface area contributed by atoms with Gasteiger partial charge in [0.1, 0.15) is 12.1 Å². The standard InChI is InChI=1S/C25H28N4O5.C3H8/c1-17(22(31)27-16-21(30)24(33)26-15-18-9-4-2-5-10-18)28-23(32)20-13-8-14-29(20)25(34)19-11-6-3-7-12-19;1-3-2/h2-7,9-12,17,20H,8,13-16H2,1H3,(H,26,33)(H,27,31)(H,28,32);3H2,1-2H3/t17-,20+;/m0./s1. The third kappa shape index (κ3) is 9.18. The number of nitrogens with zero attached hydrogens (tertiary/aromatic N) is 1. The van der Waals surface area contributed by atoms with Crippen molar-refractivity contribution in [2.45, 2.75) is 58.7 Å². The molecule has 0 radical (unpaired) electrons. The van der Waals surface area contributed by atoms with Gasteiger partial charge in [-0.15, -0.1) is 0 Å². The van der Waals surface area contributed by atoms with Crippen LogP contribution in [0.5, 0.6) is 0 Å². The molecule has 0 unspecified atom stereocenters. The molecule has 9 nitrogen and oxygen atoms in total. The molecular weight excluding hydrogens is 472 g/mol. The summed E-state index contributed by atoms with van der Waals surface area (Å²) in [6.45, 7) is 5.90. The lowest BCUT2D eigenvalue weighted by Crippen LogP contribution is -2.52. The number of Topliss-reactive ketones (excluding diaryl/α,β-unsaturated/α-hetero) is 1. The van der Waals surface area contributed by atoms with Gasteiger partial charge >= 0.3 is 0 Å². The van der Waals surface area contributed by atoms with Crippen molar-refractivity contribution < 1.29 is 24.0 Å². The van der Waals surface area contributed by atoms with Gasteiger partial charge in [0, 0.05) is 18.7 Å². The smallest absolute Gasteiger partial charge is 0.289 e. The highest BCUT2D eigenvalue weighted by Crippen LogP contribution is 2.20. The molecule has 1 fully saturated rings. The summed E-state index contributed by atoms with van der Waals surface area (Å²) < 4.78 is 0. The minimum absolute atomic E-state index is 0.200. The Morgan fingerprint density at radius 1 is 0.919 bits per heavy atom. The highest BCUT2D eigenvalue weighted by Gasteiger charge is 2.35. The van der Waals surface area contributed by atoms with Crippen LogP contribution in [0.3, 0.4) is 0 Å². The lowest BCUT2D eigenvalue weighted by atomic mass is 10.1. The number of amides is 4. The van der Waals surface area contributed by atoms with Gasteiger partial charge in [-0.1, -0.05) is 68.8 Å². The summed E-state index contributed by atoms with van der Waals surface area (Å²) in [5.74, 6) is -2.87. The normalized spacial score (nSPS) is 15.0. The molecule has 37 heavy (non-hydrogen) atoms. The number of carbonyl (C=O) groups is 5. The summed E-state index contributed by atoms with van der Waals surface area (Å²) in [4.78, 5) is 63.3. The van der Waals surface area contributed by atoms with Crippen molar-refractivity contribution >= 4 is 29.4 Å². The van der Waals surface area contributed by atoms with Crippen LogP contribution in [0.2, 0.25) is 0 Å². The average molecular weight is 509 g/mol. The van der Waals surface area contributed by atoms with Crippen LogP contribution in [0.1, 0.15) is 56.0 Å².